The van der Waals surface area contributed by atoms with Gasteiger partial charge in [-0.15, -0.1) is 0 Å². The van der Waals surface area contributed by atoms with Gasteiger partial charge in [-0.25, -0.2) is 0 Å². The summed E-state index contributed by atoms with van der Waals surface area (Å²) in [5.74, 6) is 0. The fourth-order valence-electron chi connectivity index (χ4n) is 1.80. The average Bonchev–Trinajstić information content (AvgIpc) is 2.76. The number of nitrogens with one attached hydrogen (secondary N) is 1. The van der Waals surface area contributed by atoms with E-state index in [0.717, 1.165) is 44.0 Å². The molecular weight excluding hydrogens is 226 g/mol. The van der Waals surface area contributed by atoms with E-state index in [1.54, 1.807) is 6.07 Å². The summed E-state index contributed by atoms with van der Waals surface area (Å²) in [7, 11) is 0. The lowest BCUT2D eigenvalue weighted by Gasteiger charge is -2.26. The van der Waals surface area contributed by atoms with E-state index < -0.39 is 0 Å². The molecule has 0 radical (unpaired) electrons. The largest absolute Gasteiger partial charge is 0.324 e. The molecule has 0 amide bonds. The molecule has 1 aliphatic rings. The van der Waals surface area contributed by atoms with Gasteiger partial charge < -0.3 is 10.2 Å². The topological polar surface area (TPSA) is 58.4 Å². The minimum absolute atomic E-state index is 0.246. The zero-order valence-electron chi connectivity index (χ0n) is 9.02. The molecule has 1 aromatic rings. The van der Waals surface area contributed by atoms with Gasteiger partial charge >= 0.3 is 5.00 Å². The van der Waals surface area contributed by atoms with E-state index in [1.807, 2.05) is 6.07 Å². The predicted molar refractivity (Wildman–Crippen MR) is 64.0 cm³/mol. The first-order valence-corrected chi connectivity index (χ1v) is 6.23. The lowest BCUT2D eigenvalue weighted by Crippen LogP contribution is -2.44. The highest BCUT2D eigenvalue weighted by molar-refractivity contribution is 7.15. The van der Waals surface area contributed by atoms with Crippen LogP contribution >= 0.6 is 11.3 Å². The van der Waals surface area contributed by atoms with Crippen molar-refractivity contribution in [3.8, 4) is 0 Å². The Kier molecular flexibility index (Phi) is 3.87. The van der Waals surface area contributed by atoms with Crippen LogP contribution < -0.4 is 5.32 Å². The van der Waals surface area contributed by atoms with Crippen LogP contribution in [0.25, 0.3) is 0 Å². The van der Waals surface area contributed by atoms with Crippen LogP contribution in [0.15, 0.2) is 12.1 Å². The van der Waals surface area contributed by atoms with E-state index in [9.17, 15) is 10.1 Å². The van der Waals surface area contributed by atoms with Crippen LogP contribution in [0.5, 0.6) is 0 Å². The maximum atomic E-state index is 10.5. The van der Waals surface area contributed by atoms with Gasteiger partial charge in [0.15, 0.2) is 0 Å². The molecule has 1 N–H and O–H groups in total. The van der Waals surface area contributed by atoms with Crippen molar-refractivity contribution >= 4 is 16.3 Å². The highest BCUT2D eigenvalue weighted by Crippen LogP contribution is 2.24. The van der Waals surface area contributed by atoms with Gasteiger partial charge in [0, 0.05) is 43.7 Å². The van der Waals surface area contributed by atoms with E-state index in [4.69, 9.17) is 0 Å². The van der Waals surface area contributed by atoms with Gasteiger partial charge in [0.2, 0.25) is 0 Å². The van der Waals surface area contributed by atoms with Crippen molar-refractivity contribution in [2.24, 2.45) is 0 Å². The van der Waals surface area contributed by atoms with Crippen LogP contribution in [0.2, 0.25) is 0 Å². The van der Waals surface area contributed by atoms with Gasteiger partial charge in [-0.05, 0) is 12.5 Å². The van der Waals surface area contributed by atoms with Crippen LogP contribution in [-0.2, 0) is 6.42 Å². The van der Waals surface area contributed by atoms with Crippen LogP contribution in [0, 0.1) is 10.1 Å². The van der Waals surface area contributed by atoms with E-state index in [2.05, 4.69) is 10.2 Å². The SMILES string of the molecule is O=[N+]([O-])c1ccc(CCN2CCNCC2)s1. The Hall–Kier alpha value is -0.980. The normalized spacial score (nSPS) is 17.5. The summed E-state index contributed by atoms with van der Waals surface area (Å²) in [5, 5.41) is 14.1. The van der Waals surface area contributed by atoms with Gasteiger partial charge in [-0.1, -0.05) is 11.3 Å². The van der Waals surface area contributed by atoms with Gasteiger partial charge in [0.25, 0.3) is 0 Å². The molecule has 1 aromatic heterocycles. The molecule has 1 aliphatic heterocycles. The van der Waals surface area contributed by atoms with Crippen molar-refractivity contribution in [2.45, 2.75) is 6.42 Å². The van der Waals surface area contributed by atoms with Crippen molar-refractivity contribution < 1.29 is 4.92 Å². The first-order valence-electron chi connectivity index (χ1n) is 5.42. The van der Waals surface area contributed by atoms with E-state index >= 15 is 0 Å². The fraction of sp³-hybridized carbons (Fsp3) is 0.600. The molecule has 6 heteroatoms. The maximum Gasteiger partial charge on any atom is 0.324 e. The summed E-state index contributed by atoms with van der Waals surface area (Å²) in [4.78, 5) is 13.7. The zero-order chi connectivity index (χ0) is 11.4. The highest BCUT2D eigenvalue weighted by atomic mass is 32.1. The predicted octanol–water partition coefficient (Wildman–Crippen LogP) is 1.10. The molecule has 5 nitrogen and oxygen atoms in total. The molecule has 0 aliphatic carbocycles. The van der Waals surface area contributed by atoms with Crippen LogP contribution in [0.3, 0.4) is 0 Å². The molecule has 0 bridgehead atoms. The molecule has 0 saturated carbocycles. The third-order valence-corrected chi connectivity index (χ3v) is 3.81. The number of nitrogens with zero attached hydrogens (tertiary/aromatic N) is 2. The number of hydrogen-bond donors (Lipinski definition) is 1. The molecular formula is C10H15N3O2S. The molecule has 2 rings (SSSR count). The second kappa shape index (κ2) is 5.38. The Morgan fingerprint density at radius 1 is 1.44 bits per heavy atom. The molecule has 0 spiro atoms. The monoisotopic (exact) mass is 241 g/mol. The lowest BCUT2D eigenvalue weighted by atomic mass is 10.3. The summed E-state index contributed by atoms with van der Waals surface area (Å²) in [6.07, 6.45) is 0.915. The number of nitro groups is 1. The minimum atomic E-state index is -0.320. The third-order valence-electron chi connectivity index (χ3n) is 2.71. The van der Waals surface area contributed by atoms with E-state index in [-0.39, 0.29) is 9.92 Å². The molecule has 2 heterocycles. The Balaban J connectivity index is 1.81. The summed E-state index contributed by atoms with van der Waals surface area (Å²) in [5.41, 5.74) is 0. The molecule has 1 saturated heterocycles. The van der Waals surface area contributed by atoms with Gasteiger partial charge in [-0.3, -0.25) is 10.1 Å². The Labute approximate surface area is 98.2 Å². The van der Waals surface area contributed by atoms with E-state index in [1.165, 1.54) is 11.3 Å². The second-order valence-electron chi connectivity index (χ2n) is 3.84. The van der Waals surface area contributed by atoms with E-state index in [0.29, 0.717) is 0 Å². The second-order valence-corrected chi connectivity index (χ2v) is 4.99. The standard InChI is InChI=1S/C10H15N3O2S/c14-13(15)10-2-1-9(16-10)3-6-12-7-4-11-5-8-12/h1-2,11H,3-8H2. The van der Waals surface area contributed by atoms with Crippen molar-refractivity contribution in [2.75, 3.05) is 32.7 Å². The summed E-state index contributed by atoms with van der Waals surface area (Å²) < 4.78 is 0. The number of piperazine rings is 1. The van der Waals surface area contributed by atoms with Crippen LogP contribution in [-0.4, -0.2) is 42.5 Å². The Morgan fingerprint density at radius 3 is 2.81 bits per heavy atom. The van der Waals surface area contributed by atoms with Crippen molar-refractivity contribution in [1.29, 1.82) is 0 Å². The van der Waals surface area contributed by atoms with Gasteiger partial charge in [0.1, 0.15) is 0 Å². The van der Waals surface area contributed by atoms with Crippen molar-refractivity contribution in [3.63, 3.8) is 0 Å². The number of hydrogen-bond acceptors (Lipinski definition) is 5. The molecule has 16 heavy (non-hydrogen) atoms. The van der Waals surface area contributed by atoms with Crippen molar-refractivity contribution in [1.82, 2.24) is 10.2 Å². The maximum absolute atomic E-state index is 10.5. The van der Waals surface area contributed by atoms with Crippen molar-refractivity contribution in [3.05, 3.63) is 27.1 Å². The summed E-state index contributed by atoms with van der Waals surface area (Å²) in [6, 6.07) is 3.46. The Morgan fingerprint density at radius 2 is 2.19 bits per heavy atom. The first-order chi connectivity index (χ1) is 7.75. The first kappa shape index (κ1) is 11.5. The smallest absolute Gasteiger partial charge is 0.314 e. The highest BCUT2D eigenvalue weighted by Gasteiger charge is 2.12. The summed E-state index contributed by atoms with van der Waals surface area (Å²) in [6.45, 7) is 5.25. The molecule has 0 unspecified atom stereocenters. The fourth-order valence-corrected chi connectivity index (χ4v) is 2.61. The van der Waals surface area contributed by atoms with Gasteiger partial charge in [0.05, 0.1) is 4.92 Å². The molecule has 0 atom stereocenters. The molecule has 1 fully saturated rings. The number of rotatable bonds is 4. The lowest BCUT2D eigenvalue weighted by molar-refractivity contribution is -0.380. The zero-order valence-corrected chi connectivity index (χ0v) is 9.83. The third kappa shape index (κ3) is 3.01. The number of thiophene rings is 1. The quantitative estimate of drug-likeness (QED) is 0.633. The average molecular weight is 241 g/mol. The Bertz CT molecular complexity index is 361. The molecule has 88 valence electrons. The van der Waals surface area contributed by atoms with Crippen LogP contribution in [0.1, 0.15) is 4.88 Å². The van der Waals surface area contributed by atoms with Gasteiger partial charge in [-0.2, -0.15) is 0 Å². The minimum Gasteiger partial charge on any atom is -0.314 e. The molecule has 0 aromatic carbocycles. The van der Waals surface area contributed by atoms with Crippen LogP contribution in [0.4, 0.5) is 5.00 Å². The summed E-state index contributed by atoms with van der Waals surface area (Å²) >= 11 is 1.29.